The summed E-state index contributed by atoms with van der Waals surface area (Å²) in [5.74, 6) is 0.363. The van der Waals surface area contributed by atoms with Crippen LogP contribution in [0.3, 0.4) is 0 Å². The molecule has 1 N–H and O–H groups in total. The maximum Gasteiger partial charge on any atom is 0.254 e. The van der Waals surface area contributed by atoms with Gasteiger partial charge in [0.1, 0.15) is 6.54 Å². The first kappa shape index (κ1) is 23.2. The summed E-state index contributed by atoms with van der Waals surface area (Å²) in [5, 5.41) is 3.40. The molecule has 32 heavy (non-hydrogen) atoms. The highest BCUT2D eigenvalue weighted by atomic mass is 35.5. The Hall–Kier alpha value is -3.51. The predicted octanol–water partition coefficient (Wildman–Crippen LogP) is 4.32. The third-order valence-electron chi connectivity index (χ3n) is 4.90. The molecule has 0 saturated carbocycles. The van der Waals surface area contributed by atoms with E-state index in [1.807, 2.05) is 48.5 Å². The highest BCUT2D eigenvalue weighted by Gasteiger charge is 2.21. The van der Waals surface area contributed by atoms with E-state index >= 15 is 0 Å². The average molecular weight is 453 g/mol. The summed E-state index contributed by atoms with van der Waals surface area (Å²) in [6, 6.07) is 21.7. The van der Waals surface area contributed by atoms with Gasteiger partial charge in [-0.15, -0.1) is 0 Å². The van der Waals surface area contributed by atoms with Crippen LogP contribution in [0.25, 0.3) is 0 Å². The van der Waals surface area contributed by atoms with Crippen molar-refractivity contribution >= 4 is 23.4 Å². The molecular weight excluding hydrogens is 428 g/mol. The first-order chi connectivity index (χ1) is 15.5. The molecule has 0 radical (unpaired) electrons. The molecule has 166 valence electrons. The minimum atomic E-state index is -0.319. The number of nitrogens with one attached hydrogen (secondary N) is 1. The van der Waals surface area contributed by atoms with Gasteiger partial charge in [0.05, 0.1) is 14.2 Å². The van der Waals surface area contributed by atoms with Gasteiger partial charge in [0.2, 0.25) is 5.91 Å². The zero-order valence-electron chi connectivity index (χ0n) is 18.0. The largest absolute Gasteiger partial charge is 0.493 e. The van der Waals surface area contributed by atoms with Crippen LogP contribution in [0.5, 0.6) is 11.5 Å². The van der Waals surface area contributed by atoms with Gasteiger partial charge < -0.3 is 19.7 Å². The number of hydrogen-bond donors (Lipinski definition) is 1. The average Bonchev–Trinajstić information content (AvgIpc) is 2.83. The molecule has 6 nitrogen and oxygen atoms in total. The Bertz CT molecular complexity index is 1070. The summed E-state index contributed by atoms with van der Waals surface area (Å²) in [6.45, 7) is 0.445. The second-order valence-electron chi connectivity index (χ2n) is 7.08. The standard InChI is InChI=1S/C25H25ClN2O4/c1-31-22-13-12-19(14-23(22)32-2)25(30)28(16-20-10-6-7-11-21(20)26)17-24(29)27-15-18-8-4-3-5-9-18/h3-14H,15-17H2,1-2H3,(H,27,29). The fourth-order valence-electron chi connectivity index (χ4n) is 3.21. The van der Waals surface area contributed by atoms with E-state index in [4.69, 9.17) is 21.1 Å². The summed E-state index contributed by atoms with van der Waals surface area (Å²) in [4.78, 5) is 27.5. The van der Waals surface area contributed by atoms with E-state index in [2.05, 4.69) is 5.32 Å². The molecule has 0 heterocycles. The molecule has 2 amide bonds. The van der Waals surface area contributed by atoms with Crippen LogP contribution in [0, 0.1) is 0 Å². The zero-order chi connectivity index (χ0) is 22.9. The second-order valence-corrected chi connectivity index (χ2v) is 7.49. The summed E-state index contributed by atoms with van der Waals surface area (Å²) in [7, 11) is 3.03. The molecule has 3 rings (SSSR count). The lowest BCUT2D eigenvalue weighted by Gasteiger charge is -2.23. The molecule has 0 spiro atoms. The van der Waals surface area contributed by atoms with Gasteiger partial charge in [-0.1, -0.05) is 60.1 Å². The zero-order valence-corrected chi connectivity index (χ0v) is 18.8. The van der Waals surface area contributed by atoms with Gasteiger partial charge in [-0.3, -0.25) is 9.59 Å². The maximum absolute atomic E-state index is 13.3. The van der Waals surface area contributed by atoms with E-state index in [9.17, 15) is 9.59 Å². The third kappa shape index (κ3) is 6.02. The van der Waals surface area contributed by atoms with Gasteiger partial charge in [0, 0.05) is 23.7 Å². The number of rotatable bonds is 9. The van der Waals surface area contributed by atoms with Gasteiger partial charge in [-0.25, -0.2) is 0 Å². The van der Waals surface area contributed by atoms with Crippen LogP contribution in [-0.2, 0) is 17.9 Å². The van der Waals surface area contributed by atoms with Crippen molar-refractivity contribution in [2.45, 2.75) is 13.1 Å². The number of amides is 2. The third-order valence-corrected chi connectivity index (χ3v) is 5.27. The van der Waals surface area contributed by atoms with Crippen LogP contribution in [-0.4, -0.2) is 37.5 Å². The molecule has 0 aliphatic carbocycles. The van der Waals surface area contributed by atoms with Crippen LogP contribution in [0.4, 0.5) is 0 Å². The number of benzene rings is 3. The summed E-state index contributed by atoms with van der Waals surface area (Å²) in [6.07, 6.45) is 0. The molecule has 0 atom stereocenters. The van der Waals surface area contributed by atoms with Crippen LogP contribution in [0.15, 0.2) is 72.8 Å². The molecule has 0 saturated heterocycles. The Morgan fingerprint density at radius 1 is 0.906 bits per heavy atom. The quantitative estimate of drug-likeness (QED) is 0.525. The van der Waals surface area contributed by atoms with Gasteiger partial charge in [-0.2, -0.15) is 0 Å². The van der Waals surface area contributed by atoms with Crippen molar-refractivity contribution in [3.63, 3.8) is 0 Å². The van der Waals surface area contributed by atoms with E-state index in [1.165, 1.54) is 19.1 Å². The molecule has 0 unspecified atom stereocenters. The number of nitrogens with zero attached hydrogens (tertiary/aromatic N) is 1. The maximum atomic E-state index is 13.3. The smallest absolute Gasteiger partial charge is 0.254 e. The van der Waals surface area contributed by atoms with Gasteiger partial charge >= 0.3 is 0 Å². The Kier molecular flexibility index (Phi) is 8.11. The van der Waals surface area contributed by atoms with Crippen LogP contribution in [0.1, 0.15) is 21.5 Å². The normalized spacial score (nSPS) is 10.3. The summed E-state index contributed by atoms with van der Waals surface area (Å²) < 4.78 is 10.6. The molecule has 0 aliphatic heterocycles. The van der Waals surface area contributed by atoms with Gasteiger partial charge in [-0.05, 0) is 35.4 Å². The Balaban J connectivity index is 1.80. The fraction of sp³-hybridized carbons (Fsp3) is 0.200. The number of ether oxygens (including phenoxy) is 2. The fourth-order valence-corrected chi connectivity index (χ4v) is 3.40. The number of carbonyl (C=O) groups excluding carboxylic acids is 2. The Morgan fingerprint density at radius 2 is 1.59 bits per heavy atom. The highest BCUT2D eigenvalue weighted by molar-refractivity contribution is 6.31. The molecular formula is C25H25ClN2O4. The van der Waals surface area contributed by atoms with Gasteiger partial charge in [0.25, 0.3) is 5.91 Å². The van der Waals surface area contributed by atoms with Crippen molar-refractivity contribution < 1.29 is 19.1 Å². The topological polar surface area (TPSA) is 67.9 Å². The molecule has 0 fully saturated rings. The van der Waals surface area contributed by atoms with E-state index < -0.39 is 0 Å². The number of carbonyl (C=O) groups is 2. The lowest BCUT2D eigenvalue weighted by Crippen LogP contribution is -2.40. The highest BCUT2D eigenvalue weighted by Crippen LogP contribution is 2.28. The first-order valence-corrected chi connectivity index (χ1v) is 10.4. The SMILES string of the molecule is COc1ccc(C(=O)N(CC(=O)NCc2ccccc2)Cc2ccccc2Cl)cc1OC. The van der Waals surface area contributed by atoms with E-state index in [0.29, 0.717) is 28.6 Å². The van der Waals surface area contributed by atoms with E-state index in [1.54, 1.807) is 24.3 Å². The van der Waals surface area contributed by atoms with Crippen molar-refractivity contribution in [3.05, 3.63) is 94.5 Å². The lowest BCUT2D eigenvalue weighted by molar-refractivity contribution is -0.122. The first-order valence-electron chi connectivity index (χ1n) is 10.1. The van der Waals surface area contributed by atoms with Gasteiger partial charge in [0.15, 0.2) is 11.5 Å². The van der Waals surface area contributed by atoms with Crippen LogP contribution >= 0.6 is 11.6 Å². The Morgan fingerprint density at radius 3 is 2.28 bits per heavy atom. The van der Waals surface area contributed by atoms with Crippen molar-refractivity contribution in [1.82, 2.24) is 10.2 Å². The second kappa shape index (κ2) is 11.2. The minimum Gasteiger partial charge on any atom is -0.493 e. The van der Waals surface area contributed by atoms with Crippen LogP contribution in [0.2, 0.25) is 5.02 Å². The van der Waals surface area contributed by atoms with Crippen molar-refractivity contribution in [1.29, 1.82) is 0 Å². The molecule has 3 aromatic rings. The number of hydrogen-bond acceptors (Lipinski definition) is 4. The molecule has 0 aromatic heterocycles. The number of methoxy groups -OCH3 is 2. The molecule has 0 aliphatic rings. The van der Waals surface area contributed by atoms with Crippen molar-refractivity contribution in [2.75, 3.05) is 20.8 Å². The summed E-state index contributed by atoms with van der Waals surface area (Å²) >= 11 is 6.31. The molecule has 0 bridgehead atoms. The predicted molar refractivity (Wildman–Crippen MR) is 124 cm³/mol. The monoisotopic (exact) mass is 452 g/mol. The van der Waals surface area contributed by atoms with E-state index in [0.717, 1.165) is 11.1 Å². The van der Waals surface area contributed by atoms with Crippen molar-refractivity contribution in [2.24, 2.45) is 0 Å². The number of halogens is 1. The van der Waals surface area contributed by atoms with Crippen LogP contribution < -0.4 is 14.8 Å². The Labute approximate surface area is 192 Å². The minimum absolute atomic E-state index is 0.120. The molecule has 3 aromatic carbocycles. The molecule has 7 heteroatoms. The summed E-state index contributed by atoms with van der Waals surface area (Å²) in [5.41, 5.74) is 2.11. The van der Waals surface area contributed by atoms with Crippen molar-refractivity contribution in [3.8, 4) is 11.5 Å². The van der Waals surface area contributed by atoms with E-state index in [-0.39, 0.29) is 24.9 Å². The lowest BCUT2D eigenvalue weighted by atomic mass is 10.1.